The van der Waals surface area contributed by atoms with E-state index in [0.717, 1.165) is 4.31 Å². The van der Waals surface area contributed by atoms with Gasteiger partial charge < -0.3 is 15.6 Å². The number of carbonyl (C=O) groups is 2. The number of amides is 2. The van der Waals surface area contributed by atoms with Crippen LogP contribution in [0.4, 0.5) is 0 Å². The van der Waals surface area contributed by atoms with Crippen LogP contribution in [0.3, 0.4) is 0 Å². The minimum Gasteiger partial charge on any atom is -0.368 e. The number of benzene rings is 1. The molecule has 1 aliphatic rings. The molecule has 1 aliphatic heterocycles. The minimum absolute atomic E-state index is 0.0558. The van der Waals surface area contributed by atoms with E-state index in [-0.39, 0.29) is 23.5 Å². The van der Waals surface area contributed by atoms with E-state index in [1.165, 1.54) is 30.5 Å². The molecule has 2 aromatic rings. The summed E-state index contributed by atoms with van der Waals surface area (Å²) in [6.07, 6.45) is 2.34. The van der Waals surface area contributed by atoms with E-state index in [4.69, 9.17) is 5.73 Å². The summed E-state index contributed by atoms with van der Waals surface area (Å²) in [5.74, 6) is -1.12. The summed E-state index contributed by atoms with van der Waals surface area (Å²) in [6.45, 7) is 0.376. The van der Waals surface area contributed by atoms with Gasteiger partial charge in [-0.3, -0.25) is 9.59 Å². The van der Waals surface area contributed by atoms with E-state index < -0.39 is 27.9 Å². The lowest BCUT2D eigenvalue weighted by atomic mass is 10.2. The van der Waals surface area contributed by atoms with Gasteiger partial charge in [-0.25, -0.2) is 8.42 Å². The molecule has 2 amide bonds. The van der Waals surface area contributed by atoms with Crippen molar-refractivity contribution in [3.63, 3.8) is 0 Å². The van der Waals surface area contributed by atoms with Crippen molar-refractivity contribution < 1.29 is 22.5 Å². The molecule has 0 unspecified atom stereocenters. The molecule has 1 atom stereocenters. The van der Waals surface area contributed by atoms with E-state index in [2.05, 4.69) is 15.0 Å². The zero-order chi connectivity index (χ0) is 18.7. The van der Waals surface area contributed by atoms with Gasteiger partial charge in [-0.15, -0.1) is 0 Å². The maximum Gasteiger partial charge on any atom is 0.251 e. The molecule has 9 nitrogen and oxygen atoms in total. The van der Waals surface area contributed by atoms with Crippen molar-refractivity contribution >= 4 is 21.8 Å². The maximum absolute atomic E-state index is 12.8. The van der Waals surface area contributed by atoms with Crippen molar-refractivity contribution in [1.29, 1.82) is 0 Å². The second kappa shape index (κ2) is 7.26. The van der Waals surface area contributed by atoms with Gasteiger partial charge in [0.05, 0.1) is 11.4 Å². The molecule has 0 radical (unpaired) electrons. The normalized spacial score (nSPS) is 17.9. The second-order valence-corrected chi connectivity index (χ2v) is 7.77. The Morgan fingerprint density at radius 1 is 1.35 bits per heavy atom. The van der Waals surface area contributed by atoms with Crippen molar-refractivity contribution in [2.24, 2.45) is 5.73 Å². The SMILES string of the molecule is NC(=O)[C@H]1CCCN1S(=O)(=O)c1cccc(C(=O)NCc2ccon2)c1. The number of primary amides is 1. The molecular formula is C16H18N4O5S. The van der Waals surface area contributed by atoms with Gasteiger partial charge in [0.25, 0.3) is 5.91 Å². The van der Waals surface area contributed by atoms with E-state index >= 15 is 0 Å². The van der Waals surface area contributed by atoms with Crippen LogP contribution in [-0.2, 0) is 21.4 Å². The minimum atomic E-state index is -3.92. The van der Waals surface area contributed by atoms with Crippen LogP contribution in [0.2, 0.25) is 0 Å². The number of hydrogen-bond donors (Lipinski definition) is 2. The van der Waals surface area contributed by atoms with E-state index in [1.54, 1.807) is 6.07 Å². The third-order valence-corrected chi connectivity index (χ3v) is 6.06. The molecule has 26 heavy (non-hydrogen) atoms. The highest BCUT2D eigenvalue weighted by molar-refractivity contribution is 7.89. The van der Waals surface area contributed by atoms with Gasteiger partial charge in [0, 0.05) is 18.2 Å². The Kier molecular flexibility index (Phi) is 5.05. The molecule has 0 aliphatic carbocycles. The van der Waals surface area contributed by atoms with Gasteiger partial charge in [-0.05, 0) is 31.0 Å². The van der Waals surface area contributed by atoms with Crippen molar-refractivity contribution in [3.05, 3.63) is 47.9 Å². The molecule has 0 saturated carbocycles. The second-order valence-electron chi connectivity index (χ2n) is 5.88. The Labute approximate surface area is 150 Å². The number of rotatable bonds is 6. The van der Waals surface area contributed by atoms with Crippen LogP contribution < -0.4 is 11.1 Å². The molecular weight excluding hydrogens is 360 g/mol. The van der Waals surface area contributed by atoms with Crippen molar-refractivity contribution in [1.82, 2.24) is 14.8 Å². The molecule has 1 fully saturated rings. The van der Waals surface area contributed by atoms with Crippen LogP contribution in [0.25, 0.3) is 0 Å². The van der Waals surface area contributed by atoms with Crippen LogP contribution in [0.15, 0.2) is 46.0 Å². The summed E-state index contributed by atoms with van der Waals surface area (Å²) >= 11 is 0. The standard InChI is InChI=1S/C16H18N4O5S/c17-15(21)14-5-2-7-20(14)26(23,24)13-4-1-3-11(9-13)16(22)18-10-12-6-8-25-19-12/h1,3-4,6,8-9,14H,2,5,7,10H2,(H2,17,21)(H,18,22)/t14-/m1/s1. The summed E-state index contributed by atoms with van der Waals surface area (Å²) in [5, 5.41) is 6.31. The largest absolute Gasteiger partial charge is 0.368 e. The summed E-state index contributed by atoms with van der Waals surface area (Å²) in [5.41, 5.74) is 6.03. The number of carbonyl (C=O) groups excluding carboxylic acids is 2. The smallest absolute Gasteiger partial charge is 0.251 e. The molecule has 3 N–H and O–H groups in total. The van der Waals surface area contributed by atoms with Crippen molar-refractivity contribution in [3.8, 4) is 0 Å². The third kappa shape index (κ3) is 3.60. The highest BCUT2D eigenvalue weighted by Crippen LogP contribution is 2.26. The first-order valence-corrected chi connectivity index (χ1v) is 9.42. The van der Waals surface area contributed by atoms with Crippen LogP contribution in [0.1, 0.15) is 28.9 Å². The number of nitrogens with one attached hydrogen (secondary N) is 1. The zero-order valence-corrected chi connectivity index (χ0v) is 14.6. The highest BCUT2D eigenvalue weighted by atomic mass is 32.2. The number of hydrogen-bond acceptors (Lipinski definition) is 6. The summed E-state index contributed by atoms with van der Waals surface area (Å²) in [4.78, 5) is 23.7. The van der Waals surface area contributed by atoms with Gasteiger partial charge in [0.15, 0.2) is 0 Å². The Morgan fingerprint density at radius 2 is 2.15 bits per heavy atom. The molecule has 1 saturated heterocycles. The van der Waals surface area contributed by atoms with E-state index in [0.29, 0.717) is 18.5 Å². The first-order valence-electron chi connectivity index (χ1n) is 7.98. The fourth-order valence-corrected chi connectivity index (χ4v) is 4.56. The molecule has 0 bridgehead atoms. The van der Waals surface area contributed by atoms with Gasteiger partial charge in [-0.1, -0.05) is 11.2 Å². The first-order chi connectivity index (χ1) is 12.4. The lowest BCUT2D eigenvalue weighted by molar-refractivity contribution is -0.121. The summed E-state index contributed by atoms with van der Waals surface area (Å²) in [6, 6.07) is 6.41. The quantitative estimate of drug-likeness (QED) is 0.739. The van der Waals surface area contributed by atoms with Crippen LogP contribution in [-0.4, -0.2) is 42.3 Å². The van der Waals surface area contributed by atoms with Gasteiger partial charge in [0.1, 0.15) is 18.0 Å². The highest BCUT2D eigenvalue weighted by Gasteiger charge is 2.38. The molecule has 138 valence electrons. The molecule has 10 heteroatoms. The van der Waals surface area contributed by atoms with E-state index in [9.17, 15) is 18.0 Å². The Bertz CT molecular complexity index is 910. The van der Waals surface area contributed by atoms with Crippen molar-refractivity contribution in [2.45, 2.75) is 30.3 Å². The third-order valence-electron chi connectivity index (χ3n) is 4.16. The monoisotopic (exact) mass is 378 g/mol. The van der Waals surface area contributed by atoms with E-state index in [1.807, 2.05) is 0 Å². The molecule has 2 heterocycles. The van der Waals surface area contributed by atoms with Crippen LogP contribution in [0.5, 0.6) is 0 Å². The Hall–Kier alpha value is -2.72. The summed E-state index contributed by atoms with van der Waals surface area (Å²) < 4.78 is 31.4. The van der Waals surface area contributed by atoms with Crippen molar-refractivity contribution in [2.75, 3.05) is 6.54 Å². The average molecular weight is 378 g/mol. The Balaban J connectivity index is 1.79. The molecule has 3 rings (SSSR count). The zero-order valence-electron chi connectivity index (χ0n) is 13.8. The summed E-state index contributed by atoms with van der Waals surface area (Å²) in [7, 11) is -3.92. The number of aromatic nitrogens is 1. The number of nitrogens with zero attached hydrogens (tertiary/aromatic N) is 2. The lowest BCUT2D eigenvalue weighted by Gasteiger charge is -2.21. The van der Waals surface area contributed by atoms with Gasteiger partial charge >= 0.3 is 0 Å². The molecule has 0 spiro atoms. The fraction of sp³-hybridized carbons (Fsp3) is 0.312. The predicted molar refractivity (Wildman–Crippen MR) is 90.2 cm³/mol. The van der Waals surface area contributed by atoms with Crippen LogP contribution >= 0.6 is 0 Å². The van der Waals surface area contributed by atoms with Gasteiger partial charge in [-0.2, -0.15) is 4.31 Å². The fourth-order valence-electron chi connectivity index (χ4n) is 2.85. The van der Waals surface area contributed by atoms with Crippen LogP contribution in [0, 0.1) is 0 Å². The van der Waals surface area contributed by atoms with Gasteiger partial charge in [0.2, 0.25) is 15.9 Å². The number of sulfonamides is 1. The topological polar surface area (TPSA) is 136 Å². The predicted octanol–water partition coefficient (Wildman–Crippen LogP) is 0.243. The first kappa shape index (κ1) is 18.1. The lowest BCUT2D eigenvalue weighted by Crippen LogP contribution is -2.43. The Morgan fingerprint density at radius 3 is 2.85 bits per heavy atom. The molecule has 1 aromatic carbocycles. The maximum atomic E-state index is 12.8. The average Bonchev–Trinajstić information content (AvgIpc) is 3.31. The number of nitrogens with two attached hydrogens (primary N) is 1. The molecule has 1 aromatic heterocycles.